The van der Waals surface area contributed by atoms with Crippen molar-refractivity contribution in [3.8, 4) is 0 Å². The van der Waals surface area contributed by atoms with Crippen molar-refractivity contribution in [2.24, 2.45) is 0 Å². The maximum absolute atomic E-state index is 11.3. The first-order valence-corrected chi connectivity index (χ1v) is 7.49. The van der Waals surface area contributed by atoms with Crippen LogP contribution in [0.5, 0.6) is 0 Å². The third-order valence-electron chi connectivity index (χ3n) is 3.06. The van der Waals surface area contributed by atoms with E-state index in [2.05, 4.69) is 19.2 Å². The number of nitrogens with zero attached hydrogens (tertiary/aromatic N) is 1. The van der Waals surface area contributed by atoms with E-state index < -0.39 is 10.0 Å². The zero-order chi connectivity index (χ0) is 11.5. The third kappa shape index (κ3) is 4.09. The van der Waals surface area contributed by atoms with E-state index in [0.29, 0.717) is 25.2 Å². The van der Waals surface area contributed by atoms with Gasteiger partial charge in [0.05, 0.1) is 6.26 Å². The third-order valence-corrected chi connectivity index (χ3v) is 4.36. The first-order valence-electron chi connectivity index (χ1n) is 5.64. The molecule has 0 bridgehead atoms. The fraction of sp³-hybridized carbons (Fsp3) is 1.00. The quantitative estimate of drug-likeness (QED) is 0.783. The molecule has 1 rings (SSSR count). The van der Waals surface area contributed by atoms with Crippen molar-refractivity contribution < 1.29 is 8.42 Å². The van der Waals surface area contributed by atoms with E-state index in [1.807, 2.05) is 0 Å². The second-order valence-corrected chi connectivity index (χ2v) is 6.39. The Balaban J connectivity index is 2.36. The van der Waals surface area contributed by atoms with Crippen LogP contribution in [0.25, 0.3) is 0 Å². The van der Waals surface area contributed by atoms with Gasteiger partial charge < -0.3 is 5.32 Å². The molecule has 0 aromatic carbocycles. The van der Waals surface area contributed by atoms with Crippen LogP contribution in [0.4, 0.5) is 0 Å². The van der Waals surface area contributed by atoms with E-state index >= 15 is 0 Å². The average molecular weight is 234 g/mol. The molecule has 90 valence electrons. The summed E-state index contributed by atoms with van der Waals surface area (Å²) >= 11 is 0. The Morgan fingerprint density at radius 2 is 1.93 bits per heavy atom. The van der Waals surface area contributed by atoms with E-state index in [0.717, 1.165) is 19.3 Å². The lowest BCUT2D eigenvalue weighted by Gasteiger charge is -2.32. The zero-order valence-electron chi connectivity index (χ0n) is 9.86. The second kappa shape index (κ2) is 5.27. The molecular weight excluding hydrogens is 212 g/mol. The molecule has 0 radical (unpaired) electrons. The van der Waals surface area contributed by atoms with Crippen LogP contribution < -0.4 is 5.32 Å². The minimum absolute atomic E-state index is 0.484. The van der Waals surface area contributed by atoms with Gasteiger partial charge in [0.15, 0.2) is 0 Å². The van der Waals surface area contributed by atoms with Gasteiger partial charge in [0.1, 0.15) is 0 Å². The molecule has 0 aromatic rings. The normalized spacial score (nSPS) is 22.9. The van der Waals surface area contributed by atoms with Crippen LogP contribution in [0.3, 0.4) is 0 Å². The molecule has 15 heavy (non-hydrogen) atoms. The second-order valence-electron chi connectivity index (χ2n) is 4.41. The molecule has 0 amide bonds. The Morgan fingerprint density at radius 3 is 2.33 bits per heavy atom. The molecule has 1 atom stereocenters. The molecule has 0 aromatic heterocycles. The van der Waals surface area contributed by atoms with Gasteiger partial charge in [-0.3, -0.25) is 0 Å². The maximum atomic E-state index is 11.3. The summed E-state index contributed by atoms with van der Waals surface area (Å²) in [7, 11) is -2.98. The number of piperidine rings is 1. The van der Waals surface area contributed by atoms with Crippen molar-refractivity contribution >= 4 is 10.0 Å². The van der Waals surface area contributed by atoms with E-state index in [1.165, 1.54) is 6.26 Å². The summed E-state index contributed by atoms with van der Waals surface area (Å²) < 4.78 is 24.1. The number of hydrogen-bond acceptors (Lipinski definition) is 3. The molecule has 1 heterocycles. The lowest BCUT2D eigenvalue weighted by molar-refractivity contribution is 0.276. The van der Waals surface area contributed by atoms with Crippen molar-refractivity contribution in [1.82, 2.24) is 9.62 Å². The van der Waals surface area contributed by atoms with Crippen LogP contribution in [0, 0.1) is 0 Å². The Labute approximate surface area is 93.1 Å². The van der Waals surface area contributed by atoms with Gasteiger partial charge in [0.25, 0.3) is 0 Å². The molecule has 1 fully saturated rings. The SMILES string of the molecule is CCC(C)NC1CCN(S(C)(=O)=O)CC1. The minimum Gasteiger partial charge on any atom is -0.311 e. The van der Waals surface area contributed by atoms with Crippen LogP contribution in [0.1, 0.15) is 33.1 Å². The van der Waals surface area contributed by atoms with E-state index in [-0.39, 0.29) is 0 Å². The van der Waals surface area contributed by atoms with Gasteiger partial charge in [0, 0.05) is 25.2 Å². The molecule has 1 unspecified atom stereocenters. The molecule has 1 saturated heterocycles. The van der Waals surface area contributed by atoms with Gasteiger partial charge in [-0.2, -0.15) is 0 Å². The first-order chi connectivity index (χ1) is 6.93. The lowest BCUT2D eigenvalue weighted by Crippen LogP contribution is -2.46. The highest BCUT2D eigenvalue weighted by Gasteiger charge is 2.24. The van der Waals surface area contributed by atoms with Crippen LogP contribution in [-0.2, 0) is 10.0 Å². The predicted octanol–water partition coefficient (Wildman–Crippen LogP) is 0.798. The van der Waals surface area contributed by atoms with Crippen molar-refractivity contribution in [3.63, 3.8) is 0 Å². The van der Waals surface area contributed by atoms with Crippen LogP contribution in [-0.4, -0.2) is 44.2 Å². The van der Waals surface area contributed by atoms with Gasteiger partial charge >= 0.3 is 0 Å². The fourth-order valence-electron chi connectivity index (χ4n) is 1.87. The monoisotopic (exact) mass is 234 g/mol. The molecule has 4 nitrogen and oxygen atoms in total. The summed E-state index contributed by atoms with van der Waals surface area (Å²) in [5.41, 5.74) is 0. The highest BCUT2D eigenvalue weighted by Crippen LogP contribution is 2.13. The van der Waals surface area contributed by atoms with Crippen LogP contribution in [0.15, 0.2) is 0 Å². The number of nitrogens with one attached hydrogen (secondary N) is 1. The molecule has 0 aliphatic carbocycles. The lowest BCUT2D eigenvalue weighted by atomic mass is 10.1. The highest BCUT2D eigenvalue weighted by atomic mass is 32.2. The van der Waals surface area contributed by atoms with Crippen LogP contribution in [0.2, 0.25) is 0 Å². The van der Waals surface area contributed by atoms with Crippen LogP contribution >= 0.6 is 0 Å². The van der Waals surface area contributed by atoms with Gasteiger partial charge in [-0.15, -0.1) is 0 Å². The van der Waals surface area contributed by atoms with E-state index in [4.69, 9.17) is 0 Å². The summed E-state index contributed by atoms with van der Waals surface area (Å²) in [6, 6.07) is 1.01. The van der Waals surface area contributed by atoms with E-state index in [1.54, 1.807) is 4.31 Å². The number of sulfonamides is 1. The zero-order valence-corrected chi connectivity index (χ0v) is 10.7. The largest absolute Gasteiger partial charge is 0.311 e. The number of hydrogen-bond donors (Lipinski definition) is 1. The summed E-state index contributed by atoms with van der Waals surface area (Å²) in [6.45, 7) is 5.64. The minimum atomic E-state index is -2.98. The van der Waals surface area contributed by atoms with Gasteiger partial charge in [-0.25, -0.2) is 12.7 Å². The molecule has 1 aliphatic heterocycles. The van der Waals surface area contributed by atoms with Gasteiger partial charge in [-0.05, 0) is 26.2 Å². The standard InChI is InChI=1S/C10H22N2O2S/c1-4-9(2)11-10-5-7-12(8-6-10)15(3,13)14/h9-11H,4-8H2,1-3H3. The van der Waals surface area contributed by atoms with Gasteiger partial charge in [0.2, 0.25) is 10.0 Å². The molecule has 1 N–H and O–H groups in total. The maximum Gasteiger partial charge on any atom is 0.211 e. The summed E-state index contributed by atoms with van der Waals surface area (Å²) in [5.74, 6) is 0. The Bertz CT molecular complexity index is 282. The van der Waals surface area contributed by atoms with Crippen molar-refractivity contribution in [2.45, 2.75) is 45.2 Å². The van der Waals surface area contributed by atoms with E-state index in [9.17, 15) is 8.42 Å². The van der Waals surface area contributed by atoms with Gasteiger partial charge in [-0.1, -0.05) is 6.92 Å². The topological polar surface area (TPSA) is 49.4 Å². The van der Waals surface area contributed by atoms with Crippen molar-refractivity contribution in [1.29, 1.82) is 0 Å². The summed E-state index contributed by atoms with van der Waals surface area (Å²) in [4.78, 5) is 0. The fourth-order valence-corrected chi connectivity index (χ4v) is 2.75. The Morgan fingerprint density at radius 1 is 1.40 bits per heavy atom. The predicted molar refractivity (Wildman–Crippen MR) is 62.3 cm³/mol. The highest BCUT2D eigenvalue weighted by molar-refractivity contribution is 7.88. The summed E-state index contributed by atoms with van der Waals surface area (Å²) in [6.07, 6.45) is 4.26. The Hall–Kier alpha value is -0.130. The Kier molecular flexibility index (Phi) is 4.55. The summed E-state index contributed by atoms with van der Waals surface area (Å²) in [5, 5.41) is 3.52. The molecule has 1 aliphatic rings. The molecule has 0 spiro atoms. The molecule has 5 heteroatoms. The van der Waals surface area contributed by atoms with Crippen molar-refractivity contribution in [3.05, 3.63) is 0 Å². The first kappa shape index (κ1) is 12.9. The smallest absolute Gasteiger partial charge is 0.211 e. The molecule has 0 saturated carbocycles. The van der Waals surface area contributed by atoms with Crippen molar-refractivity contribution in [2.75, 3.05) is 19.3 Å². The molecular formula is C10H22N2O2S. The number of rotatable bonds is 4. The average Bonchev–Trinajstić information content (AvgIpc) is 2.17.